The molecule has 10 heteroatoms. The maximum atomic E-state index is 13.0. The van der Waals surface area contributed by atoms with Crippen molar-refractivity contribution < 1.29 is 23.9 Å². The molecule has 2 aliphatic carbocycles. The van der Waals surface area contributed by atoms with Crippen LogP contribution in [0, 0.1) is 23.7 Å². The molecule has 1 saturated carbocycles. The fraction of sp³-hybridized carbons (Fsp3) is 0.375. The van der Waals surface area contributed by atoms with Gasteiger partial charge < -0.3 is 4.74 Å². The van der Waals surface area contributed by atoms with Crippen LogP contribution in [0.5, 0.6) is 0 Å². The van der Waals surface area contributed by atoms with E-state index in [2.05, 4.69) is 5.10 Å². The molecule has 2 fully saturated rings. The largest absolute Gasteiger partial charge is 0.454 e. The van der Waals surface area contributed by atoms with Crippen LogP contribution in [-0.2, 0) is 23.9 Å². The van der Waals surface area contributed by atoms with Crippen molar-refractivity contribution in [3.05, 3.63) is 56.9 Å². The molecule has 3 amide bonds. The molecule has 34 heavy (non-hydrogen) atoms. The normalized spacial score (nSPS) is 29.2. The van der Waals surface area contributed by atoms with Crippen LogP contribution in [0.4, 0.5) is 0 Å². The van der Waals surface area contributed by atoms with Crippen molar-refractivity contribution in [3.63, 3.8) is 0 Å². The molecule has 2 aliphatic heterocycles. The fourth-order valence-electron chi connectivity index (χ4n) is 5.54. The summed E-state index contributed by atoms with van der Waals surface area (Å²) in [6.07, 6.45) is 5.41. The van der Waals surface area contributed by atoms with Crippen LogP contribution in [0.15, 0.2) is 52.3 Å². The van der Waals surface area contributed by atoms with Gasteiger partial charge in [-0.25, -0.2) is 5.01 Å². The first-order valence-corrected chi connectivity index (χ1v) is 12.9. The van der Waals surface area contributed by atoms with Gasteiger partial charge in [0.1, 0.15) is 6.54 Å². The van der Waals surface area contributed by atoms with Gasteiger partial charge in [0.05, 0.1) is 28.5 Å². The van der Waals surface area contributed by atoms with E-state index >= 15 is 0 Å². The van der Waals surface area contributed by atoms with E-state index in [0.717, 1.165) is 26.8 Å². The molecule has 0 aromatic carbocycles. The Morgan fingerprint density at radius 3 is 2.38 bits per heavy atom. The highest BCUT2D eigenvalue weighted by Gasteiger charge is 2.59. The molecule has 0 radical (unpaired) electrons. The minimum Gasteiger partial charge on any atom is -0.454 e. The number of carbonyl (C=O) groups is 4. The first-order chi connectivity index (χ1) is 16.5. The third-order valence-electron chi connectivity index (χ3n) is 7.05. The van der Waals surface area contributed by atoms with E-state index in [1.54, 1.807) is 22.7 Å². The molecule has 1 saturated heterocycles. The highest BCUT2D eigenvalue weighted by atomic mass is 32.1. The number of nitrogens with zero attached hydrogens (tertiary/aromatic N) is 3. The van der Waals surface area contributed by atoms with Gasteiger partial charge in [-0.15, -0.1) is 22.7 Å². The molecular weight excluding hydrogens is 474 g/mol. The summed E-state index contributed by atoms with van der Waals surface area (Å²) < 4.78 is 5.20. The Hall–Kier alpha value is -3.11. The van der Waals surface area contributed by atoms with Crippen LogP contribution in [0.2, 0.25) is 0 Å². The van der Waals surface area contributed by atoms with Gasteiger partial charge in [0.15, 0.2) is 6.61 Å². The molecule has 5 atom stereocenters. The number of hydrazone groups is 1. The number of hydrogen-bond donors (Lipinski definition) is 0. The molecule has 2 aromatic heterocycles. The minimum atomic E-state index is -0.773. The second-order valence-corrected chi connectivity index (χ2v) is 10.8. The zero-order valence-electron chi connectivity index (χ0n) is 18.0. The molecule has 8 nitrogen and oxygen atoms in total. The Morgan fingerprint density at radius 1 is 1.03 bits per heavy atom. The monoisotopic (exact) mass is 495 g/mol. The van der Waals surface area contributed by atoms with Gasteiger partial charge in [-0.05, 0) is 41.1 Å². The van der Waals surface area contributed by atoms with Crippen molar-refractivity contribution in [1.29, 1.82) is 0 Å². The Bertz CT molecular complexity index is 1190. The van der Waals surface area contributed by atoms with E-state index < -0.39 is 25.0 Å². The van der Waals surface area contributed by atoms with Crippen LogP contribution < -0.4 is 0 Å². The van der Waals surface area contributed by atoms with Gasteiger partial charge in [0.2, 0.25) is 11.8 Å². The van der Waals surface area contributed by atoms with Crippen LogP contribution in [0.25, 0.3) is 0 Å². The Labute approximate surface area is 203 Å². The summed E-state index contributed by atoms with van der Waals surface area (Å²) in [5.74, 6) is -2.41. The number of ether oxygens (including phenoxy) is 1. The number of imide groups is 1. The molecule has 6 rings (SSSR count). The Kier molecular flexibility index (Phi) is 5.22. The van der Waals surface area contributed by atoms with E-state index in [9.17, 15) is 19.2 Å². The van der Waals surface area contributed by atoms with Crippen molar-refractivity contribution in [2.75, 3.05) is 13.2 Å². The molecule has 174 valence electrons. The molecule has 4 heterocycles. The summed E-state index contributed by atoms with van der Waals surface area (Å²) in [6, 6.07) is 7.52. The summed E-state index contributed by atoms with van der Waals surface area (Å²) >= 11 is 3.10. The predicted octanol–water partition coefficient (Wildman–Crippen LogP) is 2.84. The van der Waals surface area contributed by atoms with Gasteiger partial charge in [0.25, 0.3) is 5.91 Å². The van der Waals surface area contributed by atoms with Crippen LogP contribution >= 0.6 is 22.7 Å². The molecular formula is C24H21N3O5S2. The van der Waals surface area contributed by atoms with Crippen molar-refractivity contribution in [2.24, 2.45) is 28.8 Å². The van der Waals surface area contributed by atoms with E-state index in [4.69, 9.17) is 4.74 Å². The first kappa shape index (κ1) is 21.4. The lowest BCUT2D eigenvalue weighted by molar-refractivity contribution is -0.157. The van der Waals surface area contributed by atoms with E-state index in [-0.39, 0.29) is 41.5 Å². The standard InChI is InChI=1S/C24H21N3O5S2/c28-19(27-16(18-4-2-8-34-18)10-15(25-27)17-3-1-7-33-17)12-32-20(29)11-26-23(30)21-13-5-6-14(9-13)22(21)24(26)31/h1-8,13-14,16,21-22H,9-12H2. The molecule has 0 N–H and O–H groups in total. The number of carbonyl (C=O) groups excluding carboxylic acids is 4. The number of amides is 3. The second-order valence-electron chi connectivity index (χ2n) is 8.92. The lowest BCUT2D eigenvalue weighted by atomic mass is 9.85. The summed E-state index contributed by atoms with van der Waals surface area (Å²) in [6.45, 7) is -0.965. The SMILES string of the molecule is O=C(CN1C(=O)C2C3C=CC(C3)C2C1=O)OCC(=O)N1N=C(c2cccs2)CC1c1cccs1. The maximum Gasteiger partial charge on any atom is 0.326 e. The van der Waals surface area contributed by atoms with E-state index in [1.807, 2.05) is 47.2 Å². The fourth-order valence-corrected chi connectivity index (χ4v) is 7.07. The highest BCUT2D eigenvalue weighted by Crippen LogP contribution is 2.52. The number of hydrogen-bond acceptors (Lipinski definition) is 8. The van der Waals surface area contributed by atoms with Gasteiger partial charge in [0, 0.05) is 11.3 Å². The lowest BCUT2D eigenvalue weighted by Gasteiger charge is -2.21. The number of esters is 1. The average molecular weight is 496 g/mol. The zero-order chi connectivity index (χ0) is 23.4. The van der Waals surface area contributed by atoms with Gasteiger partial charge in [-0.1, -0.05) is 24.3 Å². The number of rotatable bonds is 6. The van der Waals surface area contributed by atoms with Crippen molar-refractivity contribution in [2.45, 2.75) is 18.9 Å². The minimum absolute atomic E-state index is 0.0776. The van der Waals surface area contributed by atoms with Crippen molar-refractivity contribution in [3.8, 4) is 0 Å². The summed E-state index contributed by atoms with van der Waals surface area (Å²) in [7, 11) is 0. The topological polar surface area (TPSA) is 96.3 Å². The van der Waals surface area contributed by atoms with Gasteiger partial charge in [-0.3, -0.25) is 24.1 Å². The second kappa shape index (κ2) is 8.28. The molecule has 0 spiro atoms. The highest BCUT2D eigenvalue weighted by molar-refractivity contribution is 7.12. The van der Waals surface area contributed by atoms with Crippen LogP contribution in [-0.4, -0.2) is 52.5 Å². The number of allylic oxidation sites excluding steroid dienone is 2. The van der Waals surface area contributed by atoms with Crippen LogP contribution in [0.3, 0.4) is 0 Å². The zero-order valence-corrected chi connectivity index (χ0v) is 19.7. The molecule has 4 aliphatic rings. The van der Waals surface area contributed by atoms with E-state index in [1.165, 1.54) is 5.01 Å². The Balaban J connectivity index is 1.10. The summed E-state index contributed by atoms with van der Waals surface area (Å²) in [5.41, 5.74) is 0.816. The summed E-state index contributed by atoms with van der Waals surface area (Å²) in [5, 5.41) is 9.82. The lowest BCUT2D eigenvalue weighted by Crippen LogP contribution is -2.39. The summed E-state index contributed by atoms with van der Waals surface area (Å²) in [4.78, 5) is 54.0. The number of thiophene rings is 2. The number of fused-ring (bicyclic) bond motifs is 5. The molecule has 2 aromatic rings. The van der Waals surface area contributed by atoms with Crippen LogP contribution in [0.1, 0.15) is 28.6 Å². The van der Waals surface area contributed by atoms with Crippen molar-refractivity contribution in [1.82, 2.24) is 9.91 Å². The number of likely N-dealkylation sites (tertiary alicyclic amines) is 1. The van der Waals surface area contributed by atoms with Gasteiger partial charge in [-0.2, -0.15) is 5.10 Å². The van der Waals surface area contributed by atoms with E-state index in [0.29, 0.717) is 6.42 Å². The smallest absolute Gasteiger partial charge is 0.326 e. The maximum absolute atomic E-state index is 13.0. The predicted molar refractivity (Wildman–Crippen MR) is 125 cm³/mol. The van der Waals surface area contributed by atoms with Gasteiger partial charge >= 0.3 is 5.97 Å². The average Bonchev–Trinajstić information content (AvgIpc) is 3.66. The first-order valence-electron chi connectivity index (χ1n) is 11.2. The quantitative estimate of drug-likeness (QED) is 0.349. The molecule has 5 unspecified atom stereocenters. The Morgan fingerprint density at radius 2 is 1.74 bits per heavy atom. The van der Waals surface area contributed by atoms with Crippen molar-refractivity contribution >= 4 is 52.1 Å². The molecule has 2 bridgehead atoms. The third-order valence-corrected chi connectivity index (χ3v) is 8.94. The third kappa shape index (κ3) is 3.43.